The summed E-state index contributed by atoms with van der Waals surface area (Å²) < 4.78 is 13.6. The van der Waals surface area contributed by atoms with Crippen molar-refractivity contribution in [1.29, 1.82) is 0 Å². The molecule has 2 unspecified atom stereocenters. The SMILES string of the molecule is Cc1ccc(F)c(C(=O)C2CNCC2C)c1. The Bertz CT molecular complexity index is 416. The predicted octanol–water partition coefficient (Wildman–Crippen LogP) is 2.17. The molecule has 16 heavy (non-hydrogen) atoms. The Morgan fingerprint density at radius 2 is 2.19 bits per heavy atom. The summed E-state index contributed by atoms with van der Waals surface area (Å²) >= 11 is 0. The number of rotatable bonds is 2. The van der Waals surface area contributed by atoms with Gasteiger partial charge in [-0.3, -0.25) is 4.79 Å². The highest BCUT2D eigenvalue weighted by Gasteiger charge is 2.31. The molecule has 1 N–H and O–H groups in total. The summed E-state index contributed by atoms with van der Waals surface area (Å²) in [4.78, 5) is 12.2. The fourth-order valence-corrected chi connectivity index (χ4v) is 2.19. The number of benzene rings is 1. The highest BCUT2D eigenvalue weighted by atomic mass is 19.1. The molecule has 3 heteroatoms. The highest BCUT2D eigenvalue weighted by Crippen LogP contribution is 2.23. The number of hydrogen-bond acceptors (Lipinski definition) is 2. The molecule has 0 aliphatic carbocycles. The van der Waals surface area contributed by atoms with Crippen LogP contribution in [0.4, 0.5) is 4.39 Å². The van der Waals surface area contributed by atoms with Crippen LogP contribution in [0.1, 0.15) is 22.8 Å². The number of halogens is 1. The molecule has 1 heterocycles. The molecule has 0 radical (unpaired) electrons. The Balaban J connectivity index is 2.29. The second-order valence-electron chi connectivity index (χ2n) is 4.59. The number of carbonyl (C=O) groups is 1. The van der Waals surface area contributed by atoms with Crippen molar-refractivity contribution in [3.8, 4) is 0 Å². The lowest BCUT2D eigenvalue weighted by atomic mass is 9.89. The molecule has 1 aromatic carbocycles. The van der Waals surface area contributed by atoms with Crippen molar-refractivity contribution in [1.82, 2.24) is 5.32 Å². The fourth-order valence-electron chi connectivity index (χ4n) is 2.19. The van der Waals surface area contributed by atoms with E-state index in [1.54, 1.807) is 12.1 Å². The number of carbonyl (C=O) groups excluding carboxylic acids is 1. The molecule has 0 saturated carbocycles. The summed E-state index contributed by atoms with van der Waals surface area (Å²) in [6, 6.07) is 4.70. The van der Waals surface area contributed by atoms with Crippen LogP contribution in [0, 0.1) is 24.6 Å². The number of ketones is 1. The summed E-state index contributed by atoms with van der Waals surface area (Å²) in [5.74, 6) is -0.280. The smallest absolute Gasteiger partial charge is 0.170 e. The average Bonchev–Trinajstić information content (AvgIpc) is 2.67. The zero-order chi connectivity index (χ0) is 11.7. The van der Waals surface area contributed by atoms with Crippen LogP contribution in [-0.4, -0.2) is 18.9 Å². The Morgan fingerprint density at radius 3 is 2.81 bits per heavy atom. The van der Waals surface area contributed by atoms with Gasteiger partial charge in [-0.05, 0) is 31.5 Å². The van der Waals surface area contributed by atoms with Gasteiger partial charge in [-0.15, -0.1) is 0 Å². The van der Waals surface area contributed by atoms with Crippen LogP contribution in [0.2, 0.25) is 0 Å². The van der Waals surface area contributed by atoms with E-state index in [0.29, 0.717) is 6.54 Å². The van der Waals surface area contributed by atoms with E-state index in [4.69, 9.17) is 0 Å². The number of aryl methyl sites for hydroxylation is 1. The highest BCUT2D eigenvalue weighted by molar-refractivity contribution is 5.98. The van der Waals surface area contributed by atoms with E-state index in [1.165, 1.54) is 6.07 Å². The predicted molar refractivity (Wildman–Crippen MR) is 61.0 cm³/mol. The van der Waals surface area contributed by atoms with Crippen molar-refractivity contribution in [2.24, 2.45) is 11.8 Å². The standard InChI is InChI=1S/C13H16FNO/c1-8-3-4-12(14)10(5-8)13(16)11-7-15-6-9(11)2/h3-5,9,11,15H,6-7H2,1-2H3. The zero-order valence-electron chi connectivity index (χ0n) is 9.59. The third kappa shape index (κ3) is 2.00. The first-order valence-corrected chi connectivity index (χ1v) is 5.60. The fraction of sp³-hybridized carbons (Fsp3) is 0.462. The molecule has 1 aromatic rings. The molecule has 0 bridgehead atoms. The summed E-state index contributed by atoms with van der Waals surface area (Å²) in [7, 11) is 0. The van der Waals surface area contributed by atoms with Crippen LogP contribution in [0.15, 0.2) is 18.2 Å². The summed E-state index contributed by atoms with van der Waals surface area (Å²) in [6.45, 7) is 5.39. The molecule has 0 amide bonds. The Labute approximate surface area is 94.9 Å². The van der Waals surface area contributed by atoms with E-state index in [0.717, 1.165) is 12.1 Å². The van der Waals surface area contributed by atoms with Crippen molar-refractivity contribution in [3.05, 3.63) is 35.1 Å². The van der Waals surface area contributed by atoms with Gasteiger partial charge in [-0.25, -0.2) is 4.39 Å². The number of Topliss-reactive ketones (excluding diaryl/α,β-unsaturated/α-hetero) is 1. The minimum Gasteiger partial charge on any atom is -0.316 e. The van der Waals surface area contributed by atoms with Gasteiger partial charge in [-0.1, -0.05) is 18.6 Å². The summed E-state index contributed by atoms with van der Waals surface area (Å²) in [6.07, 6.45) is 0. The minimum atomic E-state index is -0.408. The van der Waals surface area contributed by atoms with Crippen LogP contribution < -0.4 is 5.32 Å². The van der Waals surface area contributed by atoms with Crippen molar-refractivity contribution in [2.45, 2.75) is 13.8 Å². The summed E-state index contributed by atoms with van der Waals surface area (Å²) in [5.41, 5.74) is 1.16. The van der Waals surface area contributed by atoms with E-state index in [1.807, 2.05) is 13.8 Å². The third-order valence-corrected chi connectivity index (χ3v) is 3.24. The maximum atomic E-state index is 13.6. The topological polar surface area (TPSA) is 29.1 Å². The monoisotopic (exact) mass is 221 g/mol. The van der Waals surface area contributed by atoms with E-state index < -0.39 is 5.82 Å². The first-order valence-electron chi connectivity index (χ1n) is 5.60. The van der Waals surface area contributed by atoms with Gasteiger partial charge in [0.25, 0.3) is 0 Å². The molecule has 2 nitrogen and oxygen atoms in total. The summed E-state index contributed by atoms with van der Waals surface area (Å²) in [5, 5.41) is 3.16. The van der Waals surface area contributed by atoms with Gasteiger partial charge in [0.05, 0.1) is 5.56 Å². The Hall–Kier alpha value is -1.22. The van der Waals surface area contributed by atoms with Crippen LogP contribution in [-0.2, 0) is 0 Å². The molecule has 0 spiro atoms. The van der Waals surface area contributed by atoms with Crippen LogP contribution >= 0.6 is 0 Å². The molecule has 1 saturated heterocycles. The van der Waals surface area contributed by atoms with E-state index in [2.05, 4.69) is 5.32 Å². The lowest BCUT2D eigenvalue weighted by molar-refractivity contribution is 0.0903. The van der Waals surface area contributed by atoms with E-state index in [-0.39, 0.29) is 23.2 Å². The molecule has 86 valence electrons. The number of hydrogen-bond donors (Lipinski definition) is 1. The molecular formula is C13H16FNO. The second kappa shape index (κ2) is 4.34. The van der Waals surface area contributed by atoms with E-state index in [9.17, 15) is 9.18 Å². The maximum Gasteiger partial charge on any atom is 0.170 e. The second-order valence-corrected chi connectivity index (χ2v) is 4.59. The van der Waals surface area contributed by atoms with Crippen molar-refractivity contribution < 1.29 is 9.18 Å². The normalized spacial score (nSPS) is 24.7. The van der Waals surface area contributed by atoms with Crippen LogP contribution in [0.25, 0.3) is 0 Å². The quantitative estimate of drug-likeness (QED) is 0.775. The first-order chi connectivity index (χ1) is 7.59. The molecule has 1 aliphatic heterocycles. The lowest BCUT2D eigenvalue weighted by Crippen LogP contribution is -2.22. The third-order valence-electron chi connectivity index (χ3n) is 3.24. The van der Waals surface area contributed by atoms with Gasteiger partial charge >= 0.3 is 0 Å². The van der Waals surface area contributed by atoms with Gasteiger partial charge in [0.2, 0.25) is 0 Å². The Kier molecular flexibility index (Phi) is 3.06. The molecule has 2 rings (SSSR count). The maximum absolute atomic E-state index is 13.6. The van der Waals surface area contributed by atoms with Crippen molar-refractivity contribution >= 4 is 5.78 Å². The van der Waals surface area contributed by atoms with Crippen LogP contribution in [0.5, 0.6) is 0 Å². The van der Waals surface area contributed by atoms with Gasteiger partial charge in [0.15, 0.2) is 5.78 Å². The van der Waals surface area contributed by atoms with Crippen molar-refractivity contribution in [3.63, 3.8) is 0 Å². The zero-order valence-corrected chi connectivity index (χ0v) is 9.59. The van der Waals surface area contributed by atoms with Crippen molar-refractivity contribution in [2.75, 3.05) is 13.1 Å². The largest absolute Gasteiger partial charge is 0.316 e. The van der Waals surface area contributed by atoms with Gasteiger partial charge in [-0.2, -0.15) is 0 Å². The lowest BCUT2D eigenvalue weighted by Gasteiger charge is -2.13. The average molecular weight is 221 g/mol. The molecule has 2 atom stereocenters. The first kappa shape index (κ1) is 11.3. The molecule has 0 aromatic heterocycles. The van der Waals surface area contributed by atoms with Gasteiger partial charge in [0, 0.05) is 12.5 Å². The molecular weight excluding hydrogens is 205 g/mol. The Morgan fingerprint density at radius 1 is 1.44 bits per heavy atom. The molecule has 1 fully saturated rings. The molecule has 1 aliphatic rings. The van der Waals surface area contributed by atoms with E-state index >= 15 is 0 Å². The van der Waals surface area contributed by atoms with Gasteiger partial charge in [0.1, 0.15) is 5.82 Å². The van der Waals surface area contributed by atoms with Gasteiger partial charge < -0.3 is 5.32 Å². The van der Waals surface area contributed by atoms with Crippen LogP contribution in [0.3, 0.4) is 0 Å². The number of nitrogens with one attached hydrogen (secondary N) is 1. The minimum absolute atomic E-state index is 0.0706.